The molecular formula is C12H17BrClNO4S. The highest BCUT2D eigenvalue weighted by Gasteiger charge is 2.24. The molecule has 2 N–H and O–H groups in total. The van der Waals surface area contributed by atoms with E-state index in [9.17, 15) is 8.42 Å². The van der Waals surface area contributed by atoms with Crippen molar-refractivity contribution >= 4 is 37.6 Å². The second kappa shape index (κ2) is 7.61. The summed E-state index contributed by atoms with van der Waals surface area (Å²) in [4.78, 5) is -0.0183. The van der Waals surface area contributed by atoms with Crippen LogP contribution in [0.25, 0.3) is 0 Å². The maximum atomic E-state index is 12.4. The summed E-state index contributed by atoms with van der Waals surface area (Å²) in [5, 5.41) is 9.06. The Labute approximate surface area is 132 Å². The van der Waals surface area contributed by atoms with E-state index >= 15 is 0 Å². The van der Waals surface area contributed by atoms with Crippen molar-refractivity contribution in [3.05, 3.63) is 21.6 Å². The van der Waals surface area contributed by atoms with Gasteiger partial charge in [0, 0.05) is 17.7 Å². The minimum Gasteiger partial charge on any atom is -0.494 e. The van der Waals surface area contributed by atoms with Crippen LogP contribution in [0.5, 0.6) is 5.75 Å². The Bertz CT molecular complexity index is 565. The molecule has 1 atom stereocenters. The third-order valence-electron chi connectivity index (χ3n) is 2.62. The SMILES string of the molecule is COc1c(Br)cc(Cl)cc1S(=O)(=O)NC(C)CCCO. The minimum absolute atomic E-state index is 0.0183. The van der Waals surface area contributed by atoms with Crippen molar-refractivity contribution in [2.75, 3.05) is 13.7 Å². The van der Waals surface area contributed by atoms with Crippen LogP contribution in [0.3, 0.4) is 0 Å². The van der Waals surface area contributed by atoms with Crippen molar-refractivity contribution in [3.63, 3.8) is 0 Å². The number of rotatable bonds is 7. The molecular weight excluding hydrogens is 370 g/mol. The molecule has 0 saturated heterocycles. The van der Waals surface area contributed by atoms with Gasteiger partial charge in [-0.2, -0.15) is 0 Å². The van der Waals surface area contributed by atoms with Crippen molar-refractivity contribution in [3.8, 4) is 5.75 Å². The molecule has 5 nitrogen and oxygen atoms in total. The maximum absolute atomic E-state index is 12.4. The molecule has 20 heavy (non-hydrogen) atoms. The lowest BCUT2D eigenvalue weighted by atomic mass is 10.2. The lowest BCUT2D eigenvalue weighted by Crippen LogP contribution is -2.33. The number of hydrogen-bond acceptors (Lipinski definition) is 4. The molecule has 0 bridgehead atoms. The molecule has 0 amide bonds. The second-order valence-electron chi connectivity index (χ2n) is 4.31. The molecule has 1 rings (SSSR count). The molecule has 0 radical (unpaired) electrons. The van der Waals surface area contributed by atoms with Gasteiger partial charge in [0.2, 0.25) is 10.0 Å². The van der Waals surface area contributed by atoms with E-state index in [0.29, 0.717) is 22.3 Å². The largest absolute Gasteiger partial charge is 0.494 e. The van der Waals surface area contributed by atoms with Crippen LogP contribution in [0.2, 0.25) is 5.02 Å². The van der Waals surface area contributed by atoms with E-state index in [2.05, 4.69) is 20.7 Å². The van der Waals surface area contributed by atoms with E-state index in [0.717, 1.165) is 0 Å². The maximum Gasteiger partial charge on any atom is 0.244 e. The summed E-state index contributed by atoms with van der Waals surface area (Å²) in [6.45, 7) is 1.76. The fraction of sp³-hybridized carbons (Fsp3) is 0.500. The van der Waals surface area contributed by atoms with E-state index < -0.39 is 10.0 Å². The fourth-order valence-corrected chi connectivity index (χ4v) is 4.38. The molecule has 0 fully saturated rings. The van der Waals surface area contributed by atoms with Gasteiger partial charge in [0.15, 0.2) is 5.75 Å². The van der Waals surface area contributed by atoms with Gasteiger partial charge >= 0.3 is 0 Å². The van der Waals surface area contributed by atoms with E-state index in [1.165, 1.54) is 13.2 Å². The predicted molar refractivity (Wildman–Crippen MR) is 81.8 cm³/mol. The number of hydrogen-bond donors (Lipinski definition) is 2. The van der Waals surface area contributed by atoms with Crippen LogP contribution >= 0.6 is 27.5 Å². The van der Waals surface area contributed by atoms with Crippen LogP contribution in [0, 0.1) is 0 Å². The molecule has 114 valence electrons. The zero-order chi connectivity index (χ0) is 15.3. The first-order valence-electron chi connectivity index (χ1n) is 5.98. The average Bonchev–Trinajstić information content (AvgIpc) is 2.35. The summed E-state index contributed by atoms with van der Waals surface area (Å²) in [5.74, 6) is 0.205. The Kier molecular flexibility index (Phi) is 6.74. The smallest absolute Gasteiger partial charge is 0.244 e. The number of aliphatic hydroxyl groups excluding tert-OH is 1. The number of methoxy groups -OCH3 is 1. The van der Waals surface area contributed by atoms with Gasteiger partial charge in [0.25, 0.3) is 0 Å². The predicted octanol–water partition coefficient (Wildman–Crippen LogP) is 2.55. The molecule has 1 aromatic rings. The molecule has 0 aliphatic heterocycles. The summed E-state index contributed by atoms with van der Waals surface area (Å²) in [5.41, 5.74) is 0. The monoisotopic (exact) mass is 385 g/mol. The van der Waals surface area contributed by atoms with Gasteiger partial charge in [-0.05, 0) is 47.8 Å². The number of halogens is 2. The molecule has 0 aliphatic rings. The highest BCUT2D eigenvalue weighted by molar-refractivity contribution is 9.10. The van der Waals surface area contributed by atoms with E-state index in [4.69, 9.17) is 21.4 Å². The van der Waals surface area contributed by atoms with Gasteiger partial charge in [-0.15, -0.1) is 0 Å². The van der Waals surface area contributed by atoms with E-state index in [1.807, 2.05) is 0 Å². The topological polar surface area (TPSA) is 75.6 Å². The highest BCUT2D eigenvalue weighted by atomic mass is 79.9. The van der Waals surface area contributed by atoms with Gasteiger partial charge in [-0.3, -0.25) is 0 Å². The second-order valence-corrected chi connectivity index (χ2v) is 7.28. The van der Waals surface area contributed by atoms with Crippen LogP contribution < -0.4 is 9.46 Å². The lowest BCUT2D eigenvalue weighted by molar-refractivity contribution is 0.279. The number of nitrogens with one attached hydrogen (secondary N) is 1. The van der Waals surface area contributed by atoms with Crippen molar-refractivity contribution in [1.29, 1.82) is 0 Å². The minimum atomic E-state index is -3.75. The Hall–Kier alpha value is -0.340. The van der Waals surface area contributed by atoms with Crippen LogP contribution in [-0.4, -0.2) is 33.3 Å². The van der Waals surface area contributed by atoms with Crippen molar-refractivity contribution in [2.45, 2.75) is 30.7 Å². The van der Waals surface area contributed by atoms with Gasteiger partial charge < -0.3 is 9.84 Å². The Balaban J connectivity index is 3.09. The Morgan fingerprint density at radius 1 is 1.50 bits per heavy atom. The van der Waals surface area contributed by atoms with Crippen LogP contribution in [-0.2, 0) is 10.0 Å². The molecule has 1 aromatic carbocycles. The number of aliphatic hydroxyl groups is 1. The first-order valence-corrected chi connectivity index (χ1v) is 8.63. The molecule has 0 saturated carbocycles. The summed E-state index contributed by atoms with van der Waals surface area (Å²) >= 11 is 9.12. The summed E-state index contributed by atoms with van der Waals surface area (Å²) in [6, 6.07) is 2.61. The van der Waals surface area contributed by atoms with Gasteiger partial charge in [-0.1, -0.05) is 11.6 Å². The third-order valence-corrected chi connectivity index (χ3v) is 5.02. The molecule has 0 heterocycles. The van der Waals surface area contributed by atoms with Crippen LogP contribution in [0.1, 0.15) is 19.8 Å². The fourth-order valence-electron chi connectivity index (χ4n) is 1.72. The van der Waals surface area contributed by atoms with Crippen LogP contribution in [0.4, 0.5) is 0 Å². The standard InChI is InChI=1S/C12H17BrClNO4S/c1-8(4-3-5-16)15-20(17,18)11-7-9(14)6-10(13)12(11)19-2/h6-8,15-16H,3-5H2,1-2H3. The van der Waals surface area contributed by atoms with Crippen molar-refractivity contribution in [1.82, 2.24) is 4.72 Å². The zero-order valence-electron chi connectivity index (χ0n) is 11.2. The molecule has 8 heteroatoms. The molecule has 0 aromatic heterocycles. The Morgan fingerprint density at radius 2 is 2.15 bits per heavy atom. The first kappa shape index (κ1) is 17.7. The zero-order valence-corrected chi connectivity index (χ0v) is 14.3. The summed E-state index contributed by atoms with van der Waals surface area (Å²) < 4.78 is 32.8. The third kappa shape index (κ3) is 4.60. The quantitative estimate of drug-likeness (QED) is 0.755. The number of sulfonamides is 1. The molecule has 0 aliphatic carbocycles. The summed E-state index contributed by atoms with van der Waals surface area (Å²) in [7, 11) is -2.36. The van der Waals surface area contributed by atoms with Gasteiger partial charge in [0.05, 0.1) is 11.6 Å². The normalized spacial score (nSPS) is 13.2. The van der Waals surface area contributed by atoms with Crippen LogP contribution in [0.15, 0.2) is 21.5 Å². The van der Waals surface area contributed by atoms with E-state index in [1.54, 1.807) is 13.0 Å². The highest BCUT2D eigenvalue weighted by Crippen LogP contribution is 2.35. The van der Waals surface area contributed by atoms with Crippen molar-refractivity contribution < 1.29 is 18.3 Å². The lowest BCUT2D eigenvalue weighted by Gasteiger charge is -2.16. The Morgan fingerprint density at radius 3 is 2.70 bits per heavy atom. The average molecular weight is 387 g/mol. The van der Waals surface area contributed by atoms with E-state index in [-0.39, 0.29) is 23.3 Å². The van der Waals surface area contributed by atoms with Gasteiger partial charge in [-0.25, -0.2) is 13.1 Å². The number of ether oxygens (including phenoxy) is 1. The first-order chi connectivity index (χ1) is 9.31. The molecule has 1 unspecified atom stereocenters. The molecule has 0 spiro atoms. The van der Waals surface area contributed by atoms with Crippen molar-refractivity contribution in [2.24, 2.45) is 0 Å². The van der Waals surface area contributed by atoms with Gasteiger partial charge in [0.1, 0.15) is 4.90 Å². The number of benzene rings is 1. The summed E-state index contributed by atoms with van der Waals surface area (Å²) in [6.07, 6.45) is 1.07.